The van der Waals surface area contributed by atoms with Gasteiger partial charge in [-0.05, 0) is 30.7 Å². The first-order valence-corrected chi connectivity index (χ1v) is 7.67. The number of hydrogen-bond acceptors (Lipinski definition) is 2. The fourth-order valence-corrected chi connectivity index (χ4v) is 2.22. The summed E-state index contributed by atoms with van der Waals surface area (Å²) in [5, 5.41) is 12.3. The van der Waals surface area contributed by atoms with Crippen LogP contribution in [0, 0.1) is 0 Å². The van der Waals surface area contributed by atoms with Gasteiger partial charge in [0.2, 0.25) is 0 Å². The summed E-state index contributed by atoms with van der Waals surface area (Å²) in [7, 11) is 0. The van der Waals surface area contributed by atoms with Crippen molar-refractivity contribution in [3.63, 3.8) is 0 Å². The normalized spacial score (nSPS) is 12.1. The van der Waals surface area contributed by atoms with Crippen molar-refractivity contribution in [3.8, 4) is 0 Å². The molecule has 0 amide bonds. The summed E-state index contributed by atoms with van der Waals surface area (Å²) in [5.74, 6) is -0.779. The van der Waals surface area contributed by atoms with Crippen LogP contribution in [0.5, 0.6) is 0 Å². The number of rotatable bonds is 9. The quantitative estimate of drug-likeness (QED) is 0.647. The van der Waals surface area contributed by atoms with E-state index in [1.165, 1.54) is 19.3 Å². The molecule has 0 spiro atoms. The second-order valence-electron chi connectivity index (χ2n) is 4.74. The molecule has 0 aliphatic rings. The molecule has 2 N–H and O–H groups in total. The molecule has 106 valence electrons. The van der Waals surface area contributed by atoms with E-state index in [1.807, 2.05) is 24.3 Å². The maximum atomic E-state index is 11.2. The van der Waals surface area contributed by atoms with E-state index < -0.39 is 12.0 Å². The van der Waals surface area contributed by atoms with Crippen molar-refractivity contribution in [2.24, 2.45) is 0 Å². The highest BCUT2D eigenvalue weighted by molar-refractivity contribution is 9.10. The number of carboxylic acid groups (broad SMARTS) is 1. The Morgan fingerprint density at radius 1 is 1.21 bits per heavy atom. The van der Waals surface area contributed by atoms with E-state index in [1.54, 1.807) is 0 Å². The molecular weight excluding hydrogens is 306 g/mol. The van der Waals surface area contributed by atoms with Crippen LogP contribution in [-0.2, 0) is 4.79 Å². The second-order valence-corrected chi connectivity index (χ2v) is 5.66. The van der Waals surface area contributed by atoms with Gasteiger partial charge in [0.15, 0.2) is 0 Å². The lowest BCUT2D eigenvalue weighted by Crippen LogP contribution is -2.29. The Morgan fingerprint density at radius 3 is 2.42 bits per heavy atom. The Hall–Kier alpha value is -1.03. The molecule has 0 fully saturated rings. The number of carbonyl (C=O) groups is 1. The molecule has 0 aliphatic carbocycles. The van der Waals surface area contributed by atoms with Gasteiger partial charge in [-0.3, -0.25) is 0 Å². The lowest BCUT2D eigenvalue weighted by atomic mass is 10.1. The molecule has 0 heterocycles. The van der Waals surface area contributed by atoms with E-state index in [-0.39, 0.29) is 0 Å². The molecular formula is C15H22BrNO2. The summed E-state index contributed by atoms with van der Waals surface area (Å²) in [6, 6.07) is 7.09. The lowest BCUT2D eigenvalue weighted by molar-refractivity contribution is -0.138. The zero-order valence-corrected chi connectivity index (χ0v) is 12.9. The zero-order chi connectivity index (χ0) is 14.1. The van der Waals surface area contributed by atoms with Crippen molar-refractivity contribution in [1.29, 1.82) is 0 Å². The van der Waals surface area contributed by atoms with Gasteiger partial charge in [0, 0.05) is 10.2 Å². The number of carboxylic acids is 1. The van der Waals surface area contributed by atoms with E-state index in [4.69, 9.17) is 0 Å². The average molecular weight is 328 g/mol. The Kier molecular flexibility index (Phi) is 7.56. The highest BCUT2D eigenvalue weighted by Crippen LogP contribution is 2.17. The van der Waals surface area contributed by atoms with Gasteiger partial charge in [0.25, 0.3) is 0 Å². The molecule has 0 aromatic heterocycles. The lowest BCUT2D eigenvalue weighted by Gasteiger charge is -2.15. The van der Waals surface area contributed by atoms with E-state index in [0.29, 0.717) is 6.42 Å². The number of anilines is 1. The Bertz CT molecular complexity index is 378. The van der Waals surface area contributed by atoms with Crippen LogP contribution in [-0.4, -0.2) is 17.1 Å². The van der Waals surface area contributed by atoms with Crippen molar-refractivity contribution in [2.45, 2.75) is 51.5 Å². The monoisotopic (exact) mass is 327 g/mol. The van der Waals surface area contributed by atoms with Crippen LogP contribution in [0.2, 0.25) is 0 Å². The maximum Gasteiger partial charge on any atom is 0.326 e. The van der Waals surface area contributed by atoms with E-state index in [2.05, 4.69) is 28.2 Å². The van der Waals surface area contributed by atoms with Crippen LogP contribution >= 0.6 is 15.9 Å². The largest absolute Gasteiger partial charge is 0.480 e. The highest BCUT2D eigenvalue weighted by Gasteiger charge is 2.16. The first-order valence-electron chi connectivity index (χ1n) is 6.88. The molecule has 0 saturated heterocycles. The summed E-state index contributed by atoms with van der Waals surface area (Å²) in [5.41, 5.74) is 0.851. The van der Waals surface area contributed by atoms with Gasteiger partial charge in [0.1, 0.15) is 6.04 Å². The van der Waals surface area contributed by atoms with Gasteiger partial charge < -0.3 is 10.4 Å². The first-order chi connectivity index (χ1) is 9.13. The third kappa shape index (κ3) is 6.62. The van der Waals surface area contributed by atoms with Crippen LogP contribution in [0.25, 0.3) is 0 Å². The van der Waals surface area contributed by atoms with Crippen LogP contribution in [0.3, 0.4) is 0 Å². The molecule has 1 aromatic carbocycles. The van der Waals surface area contributed by atoms with Gasteiger partial charge >= 0.3 is 5.97 Å². The summed E-state index contributed by atoms with van der Waals surface area (Å²) in [4.78, 5) is 11.2. The molecule has 1 rings (SSSR count). The fraction of sp³-hybridized carbons (Fsp3) is 0.533. The molecule has 1 aromatic rings. The van der Waals surface area contributed by atoms with E-state index in [0.717, 1.165) is 23.0 Å². The Labute approximate surface area is 123 Å². The predicted molar refractivity (Wildman–Crippen MR) is 82.6 cm³/mol. The van der Waals surface area contributed by atoms with Crippen LogP contribution in [0.1, 0.15) is 45.4 Å². The van der Waals surface area contributed by atoms with Crippen molar-refractivity contribution in [1.82, 2.24) is 0 Å². The predicted octanol–water partition coefficient (Wildman–Crippen LogP) is 4.67. The molecule has 4 heteroatoms. The minimum Gasteiger partial charge on any atom is -0.480 e. The van der Waals surface area contributed by atoms with Gasteiger partial charge in [-0.25, -0.2) is 4.79 Å². The number of unbranched alkanes of at least 4 members (excludes halogenated alkanes) is 4. The maximum absolute atomic E-state index is 11.2. The average Bonchev–Trinajstić information content (AvgIpc) is 2.39. The zero-order valence-electron chi connectivity index (χ0n) is 11.4. The van der Waals surface area contributed by atoms with Crippen molar-refractivity contribution in [3.05, 3.63) is 28.7 Å². The van der Waals surface area contributed by atoms with Crippen LogP contribution < -0.4 is 5.32 Å². The van der Waals surface area contributed by atoms with E-state index in [9.17, 15) is 9.90 Å². The highest BCUT2D eigenvalue weighted by atomic mass is 79.9. The molecule has 0 saturated carbocycles. The van der Waals surface area contributed by atoms with Crippen molar-refractivity contribution >= 4 is 27.6 Å². The van der Waals surface area contributed by atoms with Gasteiger partial charge in [-0.1, -0.05) is 55.0 Å². The summed E-state index contributed by atoms with van der Waals surface area (Å²) < 4.78 is 0.990. The smallest absolute Gasteiger partial charge is 0.326 e. The van der Waals surface area contributed by atoms with E-state index >= 15 is 0 Å². The standard InChI is InChI=1S/C15H22BrNO2/c1-2-3-4-5-6-7-14(15(18)19)17-13-10-8-12(16)9-11-13/h8-11,14,17H,2-7H2,1H3,(H,18,19). The molecule has 19 heavy (non-hydrogen) atoms. The minimum atomic E-state index is -0.779. The topological polar surface area (TPSA) is 49.3 Å². The molecule has 0 bridgehead atoms. The number of hydrogen-bond donors (Lipinski definition) is 2. The Morgan fingerprint density at radius 2 is 1.84 bits per heavy atom. The van der Waals surface area contributed by atoms with Crippen molar-refractivity contribution < 1.29 is 9.90 Å². The SMILES string of the molecule is CCCCCCCC(Nc1ccc(Br)cc1)C(=O)O. The molecule has 0 radical (unpaired) electrons. The second kappa shape index (κ2) is 8.97. The summed E-state index contributed by atoms with van der Waals surface area (Å²) in [6.07, 6.45) is 6.38. The molecule has 1 unspecified atom stereocenters. The minimum absolute atomic E-state index is 0.497. The van der Waals surface area contributed by atoms with Gasteiger partial charge in [-0.15, -0.1) is 0 Å². The Balaban J connectivity index is 2.40. The van der Waals surface area contributed by atoms with Crippen LogP contribution in [0.4, 0.5) is 5.69 Å². The third-order valence-electron chi connectivity index (χ3n) is 3.08. The number of nitrogens with one attached hydrogen (secondary N) is 1. The fourth-order valence-electron chi connectivity index (χ4n) is 1.96. The molecule has 0 aliphatic heterocycles. The van der Waals surface area contributed by atoms with Gasteiger partial charge in [0.05, 0.1) is 0 Å². The first kappa shape index (κ1) is 16.0. The molecule has 3 nitrogen and oxygen atoms in total. The van der Waals surface area contributed by atoms with Gasteiger partial charge in [-0.2, -0.15) is 0 Å². The number of benzene rings is 1. The van der Waals surface area contributed by atoms with Crippen LogP contribution in [0.15, 0.2) is 28.7 Å². The summed E-state index contributed by atoms with van der Waals surface area (Å²) in [6.45, 7) is 2.18. The third-order valence-corrected chi connectivity index (χ3v) is 3.61. The molecule has 1 atom stereocenters. The van der Waals surface area contributed by atoms with Crippen molar-refractivity contribution in [2.75, 3.05) is 5.32 Å². The number of aliphatic carboxylic acids is 1. The number of halogens is 1. The summed E-state index contributed by atoms with van der Waals surface area (Å²) >= 11 is 3.36.